The lowest BCUT2D eigenvalue weighted by atomic mass is 10.0. The summed E-state index contributed by atoms with van der Waals surface area (Å²) in [7, 11) is 0. The first-order chi connectivity index (χ1) is 9.60. The highest BCUT2D eigenvalue weighted by Gasteiger charge is 2.32. The van der Waals surface area contributed by atoms with Crippen LogP contribution in [0.5, 0.6) is 0 Å². The highest BCUT2D eigenvalue weighted by Crippen LogP contribution is 2.13. The second-order valence-electron chi connectivity index (χ2n) is 5.53. The summed E-state index contributed by atoms with van der Waals surface area (Å²) in [4.78, 5) is 13.6. The van der Waals surface area contributed by atoms with Crippen LogP contribution in [0, 0.1) is 0 Å². The molecule has 110 valence electrons. The molecule has 1 amide bonds. The zero-order chi connectivity index (χ0) is 14.5. The maximum atomic E-state index is 12.1. The van der Waals surface area contributed by atoms with Crippen LogP contribution in [-0.2, 0) is 17.6 Å². The summed E-state index contributed by atoms with van der Waals surface area (Å²) in [6.45, 7) is 2.63. The third-order valence-corrected chi connectivity index (χ3v) is 3.81. The summed E-state index contributed by atoms with van der Waals surface area (Å²) in [5.74, 6) is -0.0399. The Morgan fingerprint density at radius 1 is 1.15 bits per heavy atom. The van der Waals surface area contributed by atoms with Gasteiger partial charge >= 0.3 is 0 Å². The Hall–Kier alpha value is -1.39. The van der Waals surface area contributed by atoms with Gasteiger partial charge in [0.1, 0.15) is 0 Å². The Bertz CT molecular complexity index is 434. The lowest BCUT2D eigenvalue weighted by Crippen LogP contribution is -2.31. The van der Waals surface area contributed by atoms with Crippen LogP contribution in [0.4, 0.5) is 0 Å². The molecule has 0 saturated carbocycles. The molecule has 1 aromatic carbocycles. The van der Waals surface area contributed by atoms with E-state index >= 15 is 0 Å². The van der Waals surface area contributed by atoms with E-state index in [2.05, 4.69) is 19.1 Å². The van der Waals surface area contributed by atoms with Gasteiger partial charge in [0.05, 0.1) is 18.6 Å². The smallest absolute Gasteiger partial charge is 0.227 e. The van der Waals surface area contributed by atoms with Gasteiger partial charge in [-0.25, -0.2) is 0 Å². The fourth-order valence-electron chi connectivity index (χ4n) is 2.46. The molecule has 2 rings (SSSR count). The van der Waals surface area contributed by atoms with E-state index < -0.39 is 12.2 Å². The molecule has 0 aromatic heterocycles. The average Bonchev–Trinajstić information content (AvgIpc) is 2.78. The van der Waals surface area contributed by atoms with Gasteiger partial charge in [0.2, 0.25) is 5.91 Å². The van der Waals surface area contributed by atoms with Gasteiger partial charge < -0.3 is 15.1 Å². The van der Waals surface area contributed by atoms with Crippen molar-refractivity contribution in [3.8, 4) is 0 Å². The molecule has 4 heteroatoms. The predicted molar refractivity (Wildman–Crippen MR) is 77.4 cm³/mol. The molecule has 4 nitrogen and oxygen atoms in total. The number of carbonyl (C=O) groups is 1. The summed E-state index contributed by atoms with van der Waals surface area (Å²) in [6.07, 6.45) is 2.15. The second-order valence-corrected chi connectivity index (χ2v) is 5.53. The van der Waals surface area contributed by atoms with E-state index in [1.807, 2.05) is 12.1 Å². The van der Waals surface area contributed by atoms with Gasteiger partial charge in [-0.2, -0.15) is 0 Å². The molecule has 1 aliphatic rings. The number of benzene rings is 1. The van der Waals surface area contributed by atoms with E-state index in [1.165, 1.54) is 23.3 Å². The Morgan fingerprint density at radius 2 is 1.70 bits per heavy atom. The zero-order valence-corrected chi connectivity index (χ0v) is 12.0. The van der Waals surface area contributed by atoms with Gasteiger partial charge in [0.15, 0.2) is 0 Å². The summed E-state index contributed by atoms with van der Waals surface area (Å²) in [6, 6.07) is 8.13. The number of unbranched alkanes of at least 4 members (excludes halogenated alkanes) is 1. The van der Waals surface area contributed by atoms with Crippen LogP contribution in [0.25, 0.3) is 0 Å². The molecule has 20 heavy (non-hydrogen) atoms. The number of β-amino-alcohol motifs (C(OH)–C–C–N with tert-alkyl or cyclic N) is 2. The van der Waals surface area contributed by atoms with Gasteiger partial charge in [0.25, 0.3) is 0 Å². The Kier molecular flexibility index (Phi) is 5.15. The van der Waals surface area contributed by atoms with Gasteiger partial charge in [0, 0.05) is 13.1 Å². The van der Waals surface area contributed by atoms with Crippen molar-refractivity contribution >= 4 is 5.91 Å². The molecular weight excluding hydrogens is 254 g/mol. The van der Waals surface area contributed by atoms with E-state index in [0.717, 1.165) is 12.0 Å². The normalized spacial score (nSPS) is 22.2. The first-order valence-electron chi connectivity index (χ1n) is 7.32. The molecule has 1 aromatic rings. The number of likely N-dealkylation sites (tertiary alicyclic amines) is 1. The molecule has 2 unspecified atom stereocenters. The van der Waals surface area contributed by atoms with E-state index in [-0.39, 0.29) is 19.0 Å². The molecule has 0 aliphatic carbocycles. The van der Waals surface area contributed by atoms with Crippen LogP contribution in [0.2, 0.25) is 0 Å². The van der Waals surface area contributed by atoms with E-state index in [9.17, 15) is 15.0 Å². The molecule has 1 heterocycles. The molecule has 1 saturated heterocycles. The minimum Gasteiger partial charge on any atom is -0.388 e. The van der Waals surface area contributed by atoms with Gasteiger partial charge in [-0.3, -0.25) is 4.79 Å². The van der Waals surface area contributed by atoms with Gasteiger partial charge in [-0.1, -0.05) is 37.6 Å². The number of nitrogens with zero attached hydrogens (tertiary/aromatic N) is 1. The average molecular weight is 277 g/mol. The van der Waals surface area contributed by atoms with Gasteiger partial charge in [-0.15, -0.1) is 0 Å². The number of aryl methyl sites for hydroxylation is 1. The summed E-state index contributed by atoms with van der Waals surface area (Å²) < 4.78 is 0. The lowest BCUT2D eigenvalue weighted by Gasteiger charge is -2.15. The molecular formula is C16H23NO3. The van der Waals surface area contributed by atoms with Crippen molar-refractivity contribution in [2.45, 2.75) is 44.8 Å². The molecule has 0 radical (unpaired) electrons. The van der Waals surface area contributed by atoms with Crippen molar-refractivity contribution in [1.29, 1.82) is 0 Å². The second kappa shape index (κ2) is 6.86. The van der Waals surface area contributed by atoms with Crippen LogP contribution in [-0.4, -0.2) is 46.3 Å². The fourth-order valence-corrected chi connectivity index (χ4v) is 2.46. The standard InChI is InChI=1S/C16H23NO3/c1-2-3-4-12-5-7-13(8-6-12)9-16(20)17-10-14(18)15(19)11-17/h5-8,14-15,18-19H,2-4,9-11H2,1H3. The number of aliphatic hydroxyl groups excluding tert-OH is 2. The Morgan fingerprint density at radius 3 is 2.25 bits per heavy atom. The lowest BCUT2D eigenvalue weighted by molar-refractivity contribution is -0.129. The number of hydrogen-bond acceptors (Lipinski definition) is 3. The number of aliphatic hydroxyl groups is 2. The monoisotopic (exact) mass is 277 g/mol. The van der Waals surface area contributed by atoms with Gasteiger partial charge in [-0.05, 0) is 24.0 Å². The van der Waals surface area contributed by atoms with Crippen molar-refractivity contribution in [2.75, 3.05) is 13.1 Å². The number of rotatable bonds is 5. The molecule has 2 N–H and O–H groups in total. The molecule has 2 atom stereocenters. The molecule has 1 aliphatic heterocycles. The van der Waals surface area contributed by atoms with Crippen molar-refractivity contribution in [2.24, 2.45) is 0 Å². The highest BCUT2D eigenvalue weighted by atomic mass is 16.3. The number of amides is 1. The minimum absolute atomic E-state index is 0.0399. The van der Waals surface area contributed by atoms with Crippen LogP contribution in [0.15, 0.2) is 24.3 Å². The quantitative estimate of drug-likeness (QED) is 0.848. The van der Waals surface area contributed by atoms with E-state index in [0.29, 0.717) is 6.42 Å². The summed E-state index contributed by atoms with van der Waals surface area (Å²) in [5, 5.41) is 18.9. The van der Waals surface area contributed by atoms with Crippen molar-refractivity contribution in [3.63, 3.8) is 0 Å². The predicted octanol–water partition coefficient (Wildman–Crippen LogP) is 1.14. The zero-order valence-electron chi connectivity index (χ0n) is 12.0. The molecule has 0 bridgehead atoms. The van der Waals surface area contributed by atoms with Crippen LogP contribution >= 0.6 is 0 Å². The topological polar surface area (TPSA) is 60.8 Å². The first-order valence-corrected chi connectivity index (χ1v) is 7.32. The SMILES string of the molecule is CCCCc1ccc(CC(=O)N2CC(O)C(O)C2)cc1. The van der Waals surface area contributed by atoms with E-state index in [1.54, 1.807) is 0 Å². The van der Waals surface area contributed by atoms with Crippen molar-refractivity contribution in [1.82, 2.24) is 4.90 Å². The molecule has 0 spiro atoms. The highest BCUT2D eigenvalue weighted by molar-refractivity contribution is 5.79. The summed E-state index contributed by atoms with van der Waals surface area (Å²) >= 11 is 0. The largest absolute Gasteiger partial charge is 0.388 e. The summed E-state index contributed by atoms with van der Waals surface area (Å²) in [5.41, 5.74) is 2.28. The minimum atomic E-state index is -0.810. The number of hydrogen-bond donors (Lipinski definition) is 2. The van der Waals surface area contributed by atoms with Crippen LogP contribution in [0.3, 0.4) is 0 Å². The first kappa shape index (κ1) is 15.0. The Labute approximate surface area is 120 Å². The maximum Gasteiger partial charge on any atom is 0.227 e. The van der Waals surface area contributed by atoms with Crippen molar-refractivity contribution in [3.05, 3.63) is 35.4 Å². The van der Waals surface area contributed by atoms with E-state index in [4.69, 9.17) is 0 Å². The maximum absolute atomic E-state index is 12.1. The molecule has 1 fully saturated rings. The Balaban J connectivity index is 1.88. The van der Waals surface area contributed by atoms with Crippen LogP contribution in [0.1, 0.15) is 30.9 Å². The third kappa shape index (κ3) is 3.81. The number of carbonyl (C=O) groups excluding carboxylic acids is 1. The third-order valence-electron chi connectivity index (χ3n) is 3.81. The van der Waals surface area contributed by atoms with Crippen LogP contribution < -0.4 is 0 Å². The van der Waals surface area contributed by atoms with Crippen molar-refractivity contribution < 1.29 is 15.0 Å². The fraction of sp³-hybridized carbons (Fsp3) is 0.562.